The summed E-state index contributed by atoms with van der Waals surface area (Å²) in [6.07, 6.45) is -1.11. The number of likely N-dealkylation sites (tertiary alicyclic amines) is 1. The molecule has 27 heavy (non-hydrogen) atoms. The molecule has 150 valence electrons. The van der Waals surface area contributed by atoms with Crippen molar-refractivity contribution in [2.75, 3.05) is 44.6 Å². The predicted octanol–water partition coefficient (Wildman–Crippen LogP) is 1.69. The number of carbonyl (C=O) groups excluding carboxylic acids is 1. The van der Waals surface area contributed by atoms with Crippen molar-refractivity contribution in [3.05, 3.63) is 23.9 Å². The molecule has 1 saturated heterocycles. The first-order valence-corrected chi connectivity index (χ1v) is 8.98. The fraction of sp³-hybridized carbons (Fsp3) is 0.588. The monoisotopic (exact) mass is 386 g/mol. The average Bonchev–Trinajstić information content (AvgIpc) is 3.17. The number of pyridine rings is 1. The molecule has 0 saturated carbocycles. The van der Waals surface area contributed by atoms with Crippen LogP contribution in [0.2, 0.25) is 0 Å². The van der Waals surface area contributed by atoms with Crippen LogP contribution in [0.3, 0.4) is 0 Å². The van der Waals surface area contributed by atoms with Crippen molar-refractivity contribution in [1.82, 2.24) is 20.5 Å². The maximum Gasteiger partial charge on any atom is 0.419 e. The number of guanidine groups is 1. The number of anilines is 1. The molecule has 1 aromatic rings. The fourth-order valence-electron chi connectivity index (χ4n) is 2.69. The molecule has 0 bridgehead atoms. The van der Waals surface area contributed by atoms with Crippen molar-refractivity contribution >= 4 is 17.7 Å². The van der Waals surface area contributed by atoms with Crippen LogP contribution in [-0.4, -0.2) is 61.0 Å². The van der Waals surface area contributed by atoms with Gasteiger partial charge in [-0.1, -0.05) is 0 Å². The minimum atomic E-state index is -4.46. The summed E-state index contributed by atoms with van der Waals surface area (Å²) in [5.41, 5.74) is -0.804. The molecule has 2 rings (SSSR count). The Balaban J connectivity index is 1.82. The average molecular weight is 386 g/mol. The molecular formula is C17H25F3N6O. The van der Waals surface area contributed by atoms with Crippen LogP contribution in [-0.2, 0) is 11.0 Å². The third kappa shape index (κ3) is 6.61. The van der Waals surface area contributed by atoms with Crippen LogP contribution >= 0.6 is 0 Å². The van der Waals surface area contributed by atoms with Gasteiger partial charge in [0, 0.05) is 38.9 Å². The Hall–Kier alpha value is -2.52. The highest BCUT2D eigenvalue weighted by Crippen LogP contribution is 2.33. The van der Waals surface area contributed by atoms with Gasteiger partial charge in [-0.3, -0.25) is 4.79 Å². The van der Waals surface area contributed by atoms with E-state index in [-0.39, 0.29) is 24.8 Å². The zero-order valence-electron chi connectivity index (χ0n) is 15.3. The highest BCUT2D eigenvalue weighted by atomic mass is 19.4. The van der Waals surface area contributed by atoms with E-state index in [1.165, 1.54) is 12.3 Å². The molecule has 0 radical (unpaired) electrons. The molecule has 0 atom stereocenters. The van der Waals surface area contributed by atoms with Gasteiger partial charge in [0.15, 0.2) is 5.96 Å². The zero-order valence-corrected chi connectivity index (χ0v) is 15.3. The van der Waals surface area contributed by atoms with E-state index in [9.17, 15) is 18.0 Å². The van der Waals surface area contributed by atoms with Crippen LogP contribution < -0.4 is 16.0 Å². The smallest absolute Gasteiger partial charge is 0.368 e. The lowest BCUT2D eigenvalue weighted by atomic mass is 10.2. The van der Waals surface area contributed by atoms with Gasteiger partial charge in [0.25, 0.3) is 0 Å². The molecule has 1 aliphatic heterocycles. The second-order valence-corrected chi connectivity index (χ2v) is 6.03. The van der Waals surface area contributed by atoms with Crippen molar-refractivity contribution in [2.45, 2.75) is 25.9 Å². The number of nitrogens with zero attached hydrogens (tertiary/aromatic N) is 3. The minimum absolute atomic E-state index is 0.0221. The van der Waals surface area contributed by atoms with E-state index < -0.39 is 11.7 Å². The molecule has 1 aliphatic rings. The second-order valence-electron chi connectivity index (χ2n) is 6.03. The highest BCUT2D eigenvalue weighted by molar-refractivity contribution is 5.85. The van der Waals surface area contributed by atoms with E-state index >= 15 is 0 Å². The molecule has 1 fully saturated rings. The van der Waals surface area contributed by atoms with Gasteiger partial charge in [-0.05, 0) is 31.9 Å². The lowest BCUT2D eigenvalue weighted by molar-refractivity contribution is -0.137. The first-order chi connectivity index (χ1) is 12.9. The summed E-state index contributed by atoms with van der Waals surface area (Å²) in [6, 6.07) is 2.23. The summed E-state index contributed by atoms with van der Waals surface area (Å²) < 4.78 is 38.8. The van der Waals surface area contributed by atoms with E-state index in [0.29, 0.717) is 19.0 Å². The molecule has 0 spiro atoms. The Morgan fingerprint density at radius 2 is 2.00 bits per heavy atom. The van der Waals surface area contributed by atoms with Gasteiger partial charge in [-0.25, -0.2) is 9.98 Å². The van der Waals surface area contributed by atoms with Crippen LogP contribution in [0.25, 0.3) is 0 Å². The normalized spacial score (nSPS) is 15.0. The number of amides is 1. The van der Waals surface area contributed by atoms with E-state index in [1.54, 1.807) is 4.90 Å². The van der Waals surface area contributed by atoms with Crippen LogP contribution in [0.5, 0.6) is 0 Å². The number of aromatic nitrogens is 1. The maximum absolute atomic E-state index is 12.9. The Morgan fingerprint density at radius 3 is 2.67 bits per heavy atom. The quantitative estimate of drug-likeness (QED) is 0.378. The van der Waals surface area contributed by atoms with Crippen molar-refractivity contribution in [3.63, 3.8) is 0 Å². The van der Waals surface area contributed by atoms with Crippen LogP contribution in [0.15, 0.2) is 23.3 Å². The van der Waals surface area contributed by atoms with E-state index in [2.05, 4.69) is 25.9 Å². The molecule has 3 N–H and O–H groups in total. The minimum Gasteiger partial charge on any atom is -0.368 e. The summed E-state index contributed by atoms with van der Waals surface area (Å²) in [7, 11) is 0. The first kappa shape index (κ1) is 20.8. The molecule has 7 nitrogen and oxygen atoms in total. The third-order valence-corrected chi connectivity index (χ3v) is 4.00. The maximum atomic E-state index is 12.9. The van der Waals surface area contributed by atoms with Crippen molar-refractivity contribution in [3.8, 4) is 0 Å². The molecular weight excluding hydrogens is 361 g/mol. The largest absolute Gasteiger partial charge is 0.419 e. The van der Waals surface area contributed by atoms with Gasteiger partial charge in [0.2, 0.25) is 5.91 Å². The Morgan fingerprint density at radius 1 is 1.26 bits per heavy atom. The van der Waals surface area contributed by atoms with Gasteiger partial charge in [-0.15, -0.1) is 0 Å². The SMILES string of the molecule is CCNC(=NCC(=O)N1CCCC1)NCCNc1ncccc1C(F)(F)F. The summed E-state index contributed by atoms with van der Waals surface area (Å²) >= 11 is 0. The number of rotatable bonds is 7. The molecule has 1 amide bonds. The Kier molecular flexibility index (Phi) is 7.68. The predicted molar refractivity (Wildman–Crippen MR) is 97.5 cm³/mol. The molecule has 2 heterocycles. The van der Waals surface area contributed by atoms with E-state index in [1.807, 2.05) is 6.92 Å². The molecule has 0 aliphatic carbocycles. The van der Waals surface area contributed by atoms with E-state index in [4.69, 9.17) is 0 Å². The van der Waals surface area contributed by atoms with Crippen LogP contribution in [0, 0.1) is 0 Å². The zero-order chi connectivity index (χ0) is 19.7. The van der Waals surface area contributed by atoms with Crippen LogP contribution in [0.4, 0.5) is 19.0 Å². The van der Waals surface area contributed by atoms with E-state index in [0.717, 1.165) is 32.0 Å². The van der Waals surface area contributed by atoms with Gasteiger partial charge in [0.05, 0.1) is 5.56 Å². The van der Waals surface area contributed by atoms with Gasteiger partial charge in [-0.2, -0.15) is 13.2 Å². The lowest BCUT2D eigenvalue weighted by Crippen LogP contribution is -2.40. The lowest BCUT2D eigenvalue weighted by Gasteiger charge is -2.16. The van der Waals surface area contributed by atoms with Crippen molar-refractivity contribution in [1.29, 1.82) is 0 Å². The number of carbonyl (C=O) groups is 1. The number of aliphatic imine (C=N–C) groups is 1. The van der Waals surface area contributed by atoms with Crippen LogP contribution in [0.1, 0.15) is 25.3 Å². The number of nitrogens with one attached hydrogen (secondary N) is 3. The fourth-order valence-corrected chi connectivity index (χ4v) is 2.69. The van der Waals surface area contributed by atoms with Crippen molar-refractivity contribution in [2.24, 2.45) is 4.99 Å². The Labute approximate surface area is 156 Å². The first-order valence-electron chi connectivity index (χ1n) is 8.98. The standard InChI is InChI=1S/C17H25F3N6O/c1-2-21-16(25-12-14(27)26-10-3-4-11-26)24-9-8-23-15-13(17(18,19)20)6-5-7-22-15/h5-7H,2-4,8-12H2,1H3,(H,22,23)(H2,21,24,25). The third-order valence-electron chi connectivity index (χ3n) is 4.00. The summed E-state index contributed by atoms with van der Waals surface area (Å²) in [5.74, 6) is 0.216. The van der Waals surface area contributed by atoms with Gasteiger partial charge >= 0.3 is 6.18 Å². The number of halogens is 3. The second kappa shape index (κ2) is 9.98. The molecule has 1 aromatic heterocycles. The number of hydrogen-bond donors (Lipinski definition) is 3. The Bertz CT molecular complexity index is 644. The number of hydrogen-bond acceptors (Lipinski definition) is 4. The molecule has 10 heteroatoms. The summed E-state index contributed by atoms with van der Waals surface area (Å²) in [4.78, 5) is 21.8. The molecule has 0 aromatic carbocycles. The van der Waals surface area contributed by atoms with Gasteiger partial charge < -0.3 is 20.9 Å². The summed E-state index contributed by atoms with van der Waals surface area (Å²) in [5, 5.41) is 8.67. The van der Waals surface area contributed by atoms with Crippen molar-refractivity contribution < 1.29 is 18.0 Å². The highest BCUT2D eigenvalue weighted by Gasteiger charge is 2.33. The molecule has 0 unspecified atom stereocenters. The van der Waals surface area contributed by atoms with Gasteiger partial charge in [0.1, 0.15) is 12.4 Å². The number of alkyl halides is 3. The topological polar surface area (TPSA) is 81.7 Å². The summed E-state index contributed by atoms with van der Waals surface area (Å²) in [6.45, 7) is 4.61.